The van der Waals surface area contributed by atoms with E-state index in [0.29, 0.717) is 0 Å². The second-order valence-electron chi connectivity index (χ2n) is 4.03. The Morgan fingerprint density at radius 1 is 1.39 bits per heavy atom. The van der Waals surface area contributed by atoms with E-state index in [4.69, 9.17) is 0 Å². The van der Waals surface area contributed by atoms with Crippen LogP contribution in [0.4, 0.5) is 0 Å². The fourth-order valence-electron chi connectivity index (χ4n) is 1.32. The molecule has 1 aromatic rings. The van der Waals surface area contributed by atoms with Crippen LogP contribution in [0.2, 0.25) is 0 Å². The summed E-state index contributed by atoms with van der Waals surface area (Å²) in [6, 6.07) is 3.60. The summed E-state index contributed by atoms with van der Waals surface area (Å²) >= 11 is 0. The predicted molar refractivity (Wildman–Crippen MR) is 65.2 cm³/mol. The SMILES string of the molecule is COC(=O)C(NS(=O)(=O)c1ccccn1)C(C)C. The lowest BCUT2D eigenvalue weighted by Gasteiger charge is -2.19. The van der Waals surface area contributed by atoms with Crippen molar-refractivity contribution in [2.45, 2.75) is 24.9 Å². The fraction of sp³-hybridized carbons (Fsp3) is 0.455. The smallest absolute Gasteiger partial charge is 0.324 e. The summed E-state index contributed by atoms with van der Waals surface area (Å²) in [4.78, 5) is 15.2. The Morgan fingerprint density at radius 2 is 2.06 bits per heavy atom. The van der Waals surface area contributed by atoms with Gasteiger partial charge in [-0.2, -0.15) is 4.72 Å². The normalized spacial score (nSPS) is 13.3. The van der Waals surface area contributed by atoms with Gasteiger partial charge in [0.15, 0.2) is 5.03 Å². The van der Waals surface area contributed by atoms with E-state index in [1.165, 1.54) is 19.4 Å². The zero-order valence-corrected chi connectivity index (χ0v) is 11.3. The molecule has 1 rings (SSSR count). The minimum Gasteiger partial charge on any atom is -0.468 e. The van der Waals surface area contributed by atoms with E-state index in [9.17, 15) is 13.2 Å². The molecule has 1 N–H and O–H groups in total. The molecule has 0 saturated heterocycles. The first-order valence-corrected chi connectivity index (χ1v) is 6.88. The summed E-state index contributed by atoms with van der Waals surface area (Å²) in [6.07, 6.45) is 1.37. The highest BCUT2D eigenvalue weighted by molar-refractivity contribution is 7.89. The van der Waals surface area contributed by atoms with Gasteiger partial charge in [0.2, 0.25) is 0 Å². The third-order valence-corrected chi connectivity index (χ3v) is 3.67. The maximum absolute atomic E-state index is 12.0. The molecule has 100 valence electrons. The quantitative estimate of drug-likeness (QED) is 0.791. The molecule has 7 heteroatoms. The molecule has 1 unspecified atom stereocenters. The zero-order valence-electron chi connectivity index (χ0n) is 10.5. The topological polar surface area (TPSA) is 85.4 Å². The first kappa shape index (κ1) is 14.6. The molecular formula is C11H16N2O4S. The van der Waals surface area contributed by atoms with Crippen molar-refractivity contribution in [2.75, 3.05) is 7.11 Å². The number of methoxy groups -OCH3 is 1. The fourth-order valence-corrected chi connectivity index (χ4v) is 2.60. The highest BCUT2D eigenvalue weighted by Gasteiger charge is 2.29. The molecule has 0 saturated carbocycles. The van der Waals surface area contributed by atoms with E-state index in [1.54, 1.807) is 26.0 Å². The maximum atomic E-state index is 12.0. The minimum atomic E-state index is -3.82. The molecule has 1 aromatic heterocycles. The summed E-state index contributed by atoms with van der Waals surface area (Å²) in [5, 5.41) is -0.125. The van der Waals surface area contributed by atoms with Crippen molar-refractivity contribution in [3.8, 4) is 0 Å². The molecule has 1 heterocycles. The van der Waals surface area contributed by atoms with Crippen molar-refractivity contribution >= 4 is 16.0 Å². The van der Waals surface area contributed by atoms with E-state index in [0.717, 1.165) is 0 Å². The number of sulfonamides is 1. The number of nitrogens with zero attached hydrogens (tertiary/aromatic N) is 1. The number of carbonyl (C=O) groups is 1. The average Bonchev–Trinajstić information content (AvgIpc) is 2.36. The molecule has 0 radical (unpaired) electrons. The summed E-state index contributed by atoms with van der Waals surface area (Å²) in [5.41, 5.74) is 0. The molecule has 0 bridgehead atoms. The number of hydrogen-bond donors (Lipinski definition) is 1. The van der Waals surface area contributed by atoms with Gasteiger partial charge in [0.1, 0.15) is 6.04 Å². The van der Waals surface area contributed by atoms with Gasteiger partial charge in [0, 0.05) is 6.20 Å². The van der Waals surface area contributed by atoms with Gasteiger partial charge in [-0.3, -0.25) is 4.79 Å². The lowest BCUT2D eigenvalue weighted by Crippen LogP contribution is -2.45. The van der Waals surface area contributed by atoms with E-state index in [1.807, 2.05) is 0 Å². The zero-order chi connectivity index (χ0) is 13.8. The summed E-state index contributed by atoms with van der Waals surface area (Å²) in [6.45, 7) is 3.45. The van der Waals surface area contributed by atoms with Crippen molar-refractivity contribution in [3.05, 3.63) is 24.4 Å². The van der Waals surface area contributed by atoms with Crippen LogP contribution in [0.5, 0.6) is 0 Å². The molecule has 0 fully saturated rings. The van der Waals surface area contributed by atoms with Crippen molar-refractivity contribution < 1.29 is 17.9 Å². The first-order chi connectivity index (χ1) is 8.38. The molecule has 0 spiro atoms. The lowest BCUT2D eigenvalue weighted by molar-refractivity contribution is -0.143. The van der Waals surface area contributed by atoms with Gasteiger partial charge in [-0.1, -0.05) is 19.9 Å². The number of nitrogens with one attached hydrogen (secondary N) is 1. The van der Waals surface area contributed by atoms with Crippen molar-refractivity contribution in [2.24, 2.45) is 5.92 Å². The summed E-state index contributed by atoms with van der Waals surface area (Å²) in [5.74, 6) is -0.847. The van der Waals surface area contributed by atoms with Crippen molar-refractivity contribution in [3.63, 3.8) is 0 Å². The molecule has 6 nitrogen and oxygen atoms in total. The number of aromatic nitrogens is 1. The van der Waals surface area contributed by atoms with Gasteiger partial charge in [0.05, 0.1) is 7.11 Å². The van der Waals surface area contributed by atoms with E-state index in [-0.39, 0.29) is 10.9 Å². The van der Waals surface area contributed by atoms with Gasteiger partial charge in [-0.25, -0.2) is 13.4 Å². The molecule has 1 atom stereocenters. The van der Waals surface area contributed by atoms with E-state index >= 15 is 0 Å². The van der Waals surface area contributed by atoms with Crippen LogP contribution in [0.15, 0.2) is 29.4 Å². The molecule has 0 aliphatic carbocycles. The average molecular weight is 272 g/mol. The lowest BCUT2D eigenvalue weighted by atomic mass is 10.1. The van der Waals surface area contributed by atoms with Crippen LogP contribution >= 0.6 is 0 Å². The van der Waals surface area contributed by atoms with Crippen LogP contribution in [0, 0.1) is 5.92 Å². The molecule has 0 aromatic carbocycles. The summed E-state index contributed by atoms with van der Waals surface area (Å²) in [7, 11) is -2.61. The van der Waals surface area contributed by atoms with Crippen LogP contribution < -0.4 is 4.72 Å². The minimum absolute atomic E-state index is 0.125. The predicted octanol–water partition coefficient (Wildman–Crippen LogP) is 0.557. The number of rotatable bonds is 5. The number of pyridine rings is 1. The van der Waals surface area contributed by atoms with Gasteiger partial charge in [0.25, 0.3) is 10.0 Å². The number of carbonyl (C=O) groups excluding carboxylic acids is 1. The van der Waals surface area contributed by atoms with Crippen LogP contribution in [-0.4, -0.2) is 32.5 Å². The Labute approximate surface area is 106 Å². The third-order valence-electron chi connectivity index (χ3n) is 2.32. The Morgan fingerprint density at radius 3 is 2.50 bits per heavy atom. The van der Waals surface area contributed by atoms with Crippen LogP contribution in [0.25, 0.3) is 0 Å². The monoisotopic (exact) mass is 272 g/mol. The molecule has 0 aliphatic heterocycles. The molecule has 0 amide bonds. The molecular weight excluding hydrogens is 256 g/mol. The van der Waals surface area contributed by atoms with E-state index < -0.39 is 22.0 Å². The van der Waals surface area contributed by atoms with Gasteiger partial charge in [-0.15, -0.1) is 0 Å². The van der Waals surface area contributed by atoms with Gasteiger partial charge in [-0.05, 0) is 18.1 Å². The largest absolute Gasteiger partial charge is 0.468 e. The van der Waals surface area contributed by atoms with Gasteiger partial charge >= 0.3 is 5.97 Å². The van der Waals surface area contributed by atoms with Gasteiger partial charge < -0.3 is 4.74 Å². The molecule has 18 heavy (non-hydrogen) atoms. The van der Waals surface area contributed by atoms with Crippen LogP contribution in [0.3, 0.4) is 0 Å². The Balaban J connectivity index is 2.97. The van der Waals surface area contributed by atoms with Crippen LogP contribution in [0.1, 0.15) is 13.8 Å². The number of hydrogen-bond acceptors (Lipinski definition) is 5. The Kier molecular flexibility index (Phi) is 4.80. The Bertz CT molecular complexity index is 499. The summed E-state index contributed by atoms with van der Waals surface area (Å²) < 4.78 is 30.8. The van der Waals surface area contributed by atoms with Crippen LogP contribution in [-0.2, 0) is 19.6 Å². The maximum Gasteiger partial charge on any atom is 0.324 e. The second-order valence-corrected chi connectivity index (χ2v) is 5.69. The number of ether oxygens (including phenoxy) is 1. The highest BCUT2D eigenvalue weighted by atomic mass is 32.2. The number of esters is 1. The third kappa shape index (κ3) is 3.51. The van der Waals surface area contributed by atoms with E-state index in [2.05, 4.69) is 14.4 Å². The Hall–Kier alpha value is -1.47. The molecule has 0 aliphatic rings. The first-order valence-electron chi connectivity index (χ1n) is 5.39. The standard InChI is InChI=1S/C11H16N2O4S/c1-8(2)10(11(14)17-3)13-18(15,16)9-6-4-5-7-12-9/h4-8,10,13H,1-3H3. The second kappa shape index (κ2) is 5.92. The van der Waals surface area contributed by atoms with Crippen molar-refractivity contribution in [1.82, 2.24) is 9.71 Å². The van der Waals surface area contributed by atoms with Crippen molar-refractivity contribution in [1.29, 1.82) is 0 Å². The highest BCUT2D eigenvalue weighted by Crippen LogP contribution is 2.10.